The fourth-order valence-electron chi connectivity index (χ4n) is 2.77. The third-order valence-electron chi connectivity index (χ3n) is 3.92. The first-order chi connectivity index (χ1) is 11.2. The highest BCUT2D eigenvalue weighted by Gasteiger charge is 2.09. The number of nitrogens with zero attached hydrogens (tertiary/aromatic N) is 1. The Morgan fingerprint density at radius 3 is 2.48 bits per heavy atom. The predicted molar refractivity (Wildman–Crippen MR) is 103 cm³/mol. The molecule has 0 radical (unpaired) electrons. The van der Waals surface area contributed by atoms with Gasteiger partial charge in [-0.1, -0.05) is 60.1 Å². The van der Waals surface area contributed by atoms with E-state index in [0.717, 1.165) is 27.4 Å². The van der Waals surface area contributed by atoms with Crippen LogP contribution in [0.5, 0.6) is 0 Å². The zero-order chi connectivity index (χ0) is 15.8. The minimum Gasteiger partial charge on any atom is -0.331 e. The predicted octanol–water partition coefficient (Wildman–Crippen LogP) is 5.69. The second-order valence-corrected chi connectivity index (χ2v) is 6.09. The largest absolute Gasteiger partial charge is 0.331 e. The topological polar surface area (TPSA) is 17.0 Å². The lowest BCUT2D eigenvalue weighted by Gasteiger charge is -2.13. The van der Waals surface area contributed by atoms with Gasteiger partial charge in [0.25, 0.3) is 0 Å². The monoisotopic (exact) mass is 336 g/mol. The summed E-state index contributed by atoms with van der Waals surface area (Å²) in [7, 11) is 0. The third kappa shape index (κ3) is 2.48. The Hall–Kier alpha value is -2.36. The number of anilines is 1. The molecule has 23 heavy (non-hydrogen) atoms. The maximum atomic E-state index is 6.53. The minimum absolute atomic E-state index is 0.600. The van der Waals surface area contributed by atoms with E-state index in [0.29, 0.717) is 10.1 Å². The maximum Gasteiger partial charge on any atom is 0.182 e. The Morgan fingerprint density at radius 1 is 0.870 bits per heavy atom. The van der Waals surface area contributed by atoms with Gasteiger partial charge in [-0.15, -0.1) is 0 Å². The molecule has 0 unspecified atom stereocenters. The van der Waals surface area contributed by atoms with Crippen molar-refractivity contribution in [3.05, 3.63) is 77.9 Å². The van der Waals surface area contributed by atoms with Gasteiger partial charge in [-0.3, -0.25) is 4.57 Å². The first kappa shape index (κ1) is 14.2. The molecule has 0 bridgehead atoms. The van der Waals surface area contributed by atoms with E-state index in [1.807, 2.05) is 71.4 Å². The van der Waals surface area contributed by atoms with Gasteiger partial charge in [0.2, 0.25) is 0 Å². The highest BCUT2D eigenvalue weighted by molar-refractivity contribution is 7.80. The number of thiocarbonyl (C=S) groups is 1. The van der Waals surface area contributed by atoms with Crippen molar-refractivity contribution >= 4 is 56.3 Å². The van der Waals surface area contributed by atoms with Crippen LogP contribution in [0.1, 0.15) is 0 Å². The molecule has 3 aromatic carbocycles. The minimum atomic E-state index is 0.600. The van der Waals surface area contributed by atoms with Gasteiger partial charge >= 0.3 is 0 Å². The quantitative estimate of drug-likeness (QED) is 0.449. The van der Waals surface area contributed by atoms with Gasteiger partial charge in [-0.05, 0) is 35.8 Å². The van der Waals surface area contributed by atoms with Crippen LogP contribution in [0.4, 0.5) is 5.69 Å². The van der Waals surface area contributed by atoms with E-state index in [1.165, 1.54) is 0 Å². The molecule has 4 heteroatoms. The van der Waals surface area contributed by atoms with Crippen LogP contribution in [-0.2, 0) is 0 Å². The van der Waals surface area contributed by atoms with E-state index in [1.54, 1.807) is 0 Å². The number of aromatic nitrogens is 1. The van der Waals surface area contributed by atoms with Crippen LogP contribution in [0.3, 0.4) is 0 Å². The molecular weight excluding hydrogens is 324 g/mol. The van der Waals surface area contributed by atoms with Crippen molar-refractivity contribution in [1.82, 2.24) is 4.57 Å². The standard InChI is InChI=1S/C19H13ClN2S/c20-18-15-7-3-1-5-13(15)9-10-16(18)21-19(23)22-12-11-14-6-2-4-8-17(14)22/h1-12H,(H,21,23). The number of benzene rings is 3. The van der Waals surface area contributed by atoms with Crippen molar-refractivity contribution in [2.75, 3.05) is 5.32 Å². The van der Waals surface area contributed by atoms with E-state index >= 15 is 0 Å². The van der Waals surface area contributed by atoms with E-state index < -0.39 is 0 Å². The molecule has 2 nitrogen and oxygen atoms in total. The van der Waals surface area contributed by atoms with Crippen molar-refractivity contribution < 1.29 is 0 Å². The first-order valence-electron chi connectivity index (χ1n) is 7.29. The average molecular weight is 337 g/mol. The van der Waals surface area contributed by atoms with Crippen LogP contribution < -0.4 is 5.32 Å². The normalized spacial score (nSPS) is 11.0. The fourth-order valence-corrected chi connectivity index (χ4v) is 3.32. The van der Waals surface area contributed by atoms with E-state index in [2.05, 4.69) is 11.4 Å². The highest BCUT2D eigenvalue weighted by atomic mass is 35.5. The maximum absolute atomic E-state index is 6.53. The molecule has 4 aromatic rings. The van der Waals surface area contributed by atoms with Crippen LogP contribution in [0.25, 0.3) is 21.7 Å². The first-order valence-corrected chi connectivity index (χ1v) is 8.07. The van der Waals surface area contributed by atoms with Crippen LogP contribution in [-0.4, -0.2) is 9.68 Å². The van der Waals surface area contributed by atoms with Gasteiger partial charge in [0.1, 0.15) is 0 Å². The number of halogens is 1. The summed E-state index contributed by atoms with van der Waals surface area (Å²) in [6, 6.07) is 22.2. The van der Waals surface area contributed by atoms with Crippen LogP contribution in [0.2, 0.25) is 5.02 Å². The Kier molecular flexibility index (Phi) is 3.52. The van der Waals surface area contributed by atoms with Crippen LogP contribution >= 0.6 is 23.8 Å². The number of rotatable bonds is 1. The Labute approximate surface area is 144 Å². The number of fused-ring (bicyclic) bond motifs is 2. The molecule has 0 aliphatic heterocycles. The molecule has 1 N–H and O–H groups in total. The van der Waals surface area contributed by atoms with Crippen LogP contribution in [0.15, 0.2) is 72.9 Å². The second kappa shape index (κ2) is 5.69. The Bertz CT molecular complexity index is 1040. The van der Waals surface area contributed by atoms with E-state index in [4.69, 9.17) is 23.8 Å². The summed E-state index contributed by atoms with van der Waals surface area (Å²) >= 11 is 12.1. The SMILES string of the molecule is S=C(Nc1ccc2ccccc2c1Cl)n1ccc2ccccc21. The van der Waals surface area contributed by atoms with Crippen molar-refractivity contribution in [2.24, 2.45) is 0 Å². The number of nitrogens with one attached hydrogen (secondary N) is 1. The molecule has 0 saturated carbocycles. The summed E-state index contributed by atoms with van der Waals surface area (Å²) in [5, 5.41) is 7.82. The average Bonchev–Trinajstić information content (AvgIpc) is 3.02. The summed E-state index contributed by atoms with van der Waals surface area (Å²) in [5.74, 6) is 0. The molecule has 0 spiro atoms. The Morgan fingerprint density at radius 2 is 1.61 bits per heavy atom. The van der Waals surface area contributed by atoms with Crippen molar-refractivity contribution in [2.45, 2.75) is 0 Å². The molecule has 0 atom stereocenters. The molecule has 0 fully saturated rings. The van der Waals surface area contributed by atoms with Gasteiger partial charge in [0.05, 0.1) is 16.2 Å². The molecule has 0 aliphatic rings. The second-order valence-electron chi connectivity index (χ2n) is 5.32. The zero-order valence-corrected chi connectivity index (χ0v) is 13.7. The zero-order valence-electron chi connectivity index (χ0n) is 12.2. The van der Waals surface area contributed by atoms with E-state index in [9.17, 15) is 0 Å². The number of para-hydroxylation sites is 1. The van der Waals surface area contributed by atoms with Crippen molar-refractivity contribution in [3.8, 4) is 0 Å². The van der Waals surface area contributed by atoms with E-state index in [-0.39, 0.29) is 0 Å². The molecule has 1 aromatic heterocycles. The number of hydrogen-bond acceptors (Lipinski definition) is 1. The summed E-state index contributed by atoms with van der Waals surface area (Å²) in [5.41, 5.74) is 1.88. The summed E-state index contributed by atoms with van der Waals surface area (Å²) < 4.78 is 1.95. The smallest absolute Gasteiger partial charge is 0.182 e. The summed E-state index contributed by atoms with van der Waals surface area (Å²) in [6.07, 6.45) is 1.97. The lowest BCUT2D eigenvalue weighted by atomic mass is 10.1. The lowest BCUT2D eigenvalue weighted by molar-refractivity contribution is 1.24. The molecule has 0 amide bonds. The fraction of sp³-hybridized carbons (Fsp3) is 0. The van der Waals surface area contributed by atoms with Crippen LogP contribution in [0, 0.1) is 0 Å². The molecular formula is C19H13ClN2S. The summed E-state index contributed by atoms with van der Waals surface area (Å²) in [6.45, 7) is 0. The summed E-state index contributed by atoms with van der Waals surface area (Å²) in [4.78, 5) is 0. The lowest BCUT2D eigenvalue weighted by Crippen LogP contribution is -2.18. The van der Waals surface area contributed by atoms with Crippen molar-refractivity contribution in [3.63, 3.8) is 0 Å². The molecule has 1 heterocycles. The third-order valence-corrected chi connectivity index (χ3v) is 4.63. The van der Waals surface area contributed by atoms with Crippen molar-refractivity contribution in [1.29, 1.82) is 0 Å². The van der Waals surface area contributed by atoms with Gasteiger partial charge in [-0.2, -0.15) is 0 Å². The molecule has 0 aliphatic carbocycles. The molecule has 112 valence electrons. The number of hydrogen-bond donors (Lipinski definition) is 1. The Balaban J connectivity index is 1.73. The van der Waals surface area contributed by atoms with Gasteiger partial charge in [-0.25, -0.2) is 0 Å². The highest BCUT2D eigenvalue weighted by Crippen LogP contribution is 2.31. The molecule has 0 saturated heterocycles. The van der Waals surface area contributed by atoms with Gasteiger partial charge < -0.3 is 5.32 Å². The molecule has 4 rings (SSSR count). The van der Waals surface area contributed by atoms with Gasteiger partial charge in [0.15, 0.2) is 5.11 Å². The van der Waals surface area contributed by atoms with Gasteiger partial charge in [0, 0.05) is 17.0 Å².